The number of nitrogens with zero attached hydrogens (tertiary/aromatic N) is 3. The highest BCUT2D eigenvalue weighted by Crippen LogP contribution is 2.19. The Bertz CT molecular complexity index is 916. The van der Waals surface area contributed by atoms with Crippen LogP contribution in [0.25, 0.3) is 10.9 Å². The van der Waals surface area contributed by atoms with Crippen LogP contribution >= 0.6 is 11.8 Å². The van der Waals surface area contributed by atoms with Gasteiger partial charge in [0.2, 0.25) is 5.91 Å². The van der Waals surface area contributed by atoms with Gasteiger partial charge in [0.25, 0.3) is 5.56 Å². The van der Waals surface area contributed by atoms with Crippen LogP contribution in [0, 0.1) is 0 Å². The van der Waals surface area contributed by atoms with E-state index in [4.69, 9.17) is 4.42 Å². The Hall–Kier alpha value is -2.54. The summed E-state index contributed by atoms with van der Waals surface area (Å²) in [6.45, 7) is 0.280. The van der Waals surface area contributed by atoms with Gasteiger partial charge in [0.1, 0.15) is 5.76 Å². The summed E-state index contributed by atoms with van der Waals surface area (Å²) < 4.78 is 6.90. The van der Waals surface area contributed by atoms with Gasteiger partial charge < -0.3 is 9.32 Å². The van der Waals surface area contributed by atoms with Gasteiger partial charge in [-0.25, -0.2) is 4.98 Å². The SMILES string of the molecule is CN(C)C(=O)CSc1nc2ccccc2c(=O)n1Cc1ccco1. The summed E-state index contributed by atoms with van der Waals surface area (Å²) in [5, 5.41) is 1.05. The molecule has 124 valence electrons. The van der Waals surface area contributed by atoms with Gasteiger partial charge in [0.15, 0.2) is 5.16 Å². The fraction of sp³-hybridized carbons (Fsp3) is 0.235. The lowest BCUT2D eigenvalue weighted by Gasteiger charge is -2.13. The summed E-state index contributed by atoms with van der Waals surface area (Å²) in [5.41, 5.74) is 0.481. The topological polar surface area (TPSA) is 68.3 Å². The molecule has 7 heteroatoms. The van der Waals surface area contributed by atoms with E-state index in [1.807, 2.05) is 12.1 Å². The molecule has 0 atom stereocenters. The molecule has 0 radical (unpaired) electrons. The van der Waals surface area contributed by atoms with E-state index >= 15 is 0 Å². The fourth-order valence-electron chi connectivity index (χ4n) is 2.21. The molecule has 0 aliphatic carbocycles. The molecule has 24 heavy (non-hydrogen) atoms. The Morgan fingerprint density at radius 2 is 2.04 bits per heavy atom. The highest BCUT2D eigenvalue weighted by Gasteiger charge is 2.15. The first kappa shape index (κ1) is 16.3. The smallest absolute Gasteiger partial charge is 0.262 e. The second-order valence-electron chi connectivity index (χ2n) is 5.46. The first-order chi connectivity index (χ1) is 11.6. The zero-order valence-electron chi connectivity index (χ0n) is 13.4. The number of amides is 1. The van der Waals surface area contributed by atoms with E-state index in [1.165, 1.54) is 16.7 Å². The Kier molecular flexibility index (Phi) is 4.71. The van der Waals surface area contributed by atoms with Crippen molar-refractivity contribution in [2.45, 2.75) is 11.7 Å². The monoisotopic (exact) mass is 343 g/mol. The molecule has 1 amide bonds. The first-order valence-corrected chi connectivity index (χ1v) is 8.39. The van der Waals surface area contributed by atoms with Crippen LogP contribution in [-0.2, 0) is 11.3 Å². The minimum absolute atomic E-state index is 0.0352. The molecule has 0 saturated heterocycles. The summed E-state index contributed by atoms with van der Waals surface area (Å²) in [6, 6.07) is 10.8. The van der Waals surface area contributed by atoms with Gasteiger partial charge in [-0.15, -0.1) is 0 Å². The lowest BCUT2D eigenvalue weighted by molar-refractivity contribution is -0.125. The van der Waals surface area contributed by atoms with Crippen LogP contribution in [-0.4, -0.2) is 40.2 Å². The predicted octanol–water partition coefficient (Wildman–Crippen LogP) is 2.22. The van der Waals surface area contributed by atoms with Gasteiger partial charge in [-0.05, 0) is 24.3 Å². The zero-order chi connectivity index (χ0) is 17.1. The number of benzene rings is 1. The number of aromatic nitrogens is 2. The number of carbonyl (C=O) groups is 1. The van der Waals surface area contributed by atoms with E-state index in [-0.39, 0.29) is 23.8 Å². The van der Waals surface area contributed by atoms with Crippen LogP contribution in [0.2, 0.25) is 0 Å². The number of carbonyl (C=O) groups excluding carboxylic acids is 1. The van der Waals surface area contributed by atoms with Gasteiger partial charge in [-0.1, -0.05) is 23.9 Å². The molecule has 0 aliphatic rings. The standard InChI is InChI=1S/C17H17N3O3S/c1-19(2)15(21)11-24-17-18-14-8-4-3-7-13(14)16(22)20(17)10-12-6-5-9-23-12/h3-9H,10-11H2,1-2H3. The molecule has 2 aromatic heterocycles. The zero-order valence-corrected chi connectivity index (χ0v) is 14.2. The lowest BCUT2D eigenvalue weighted by atomic mass is 10.2. The van der Waals surface area contributed by atoms with E-state index < -0.39 is 0 Å². The highest BCUT2D eigenvalue weighted by atomic mass is 32.2. The number of rotatable bonds is 5. The number of hydrogen-bond donors (Lipinski definition) is 0. The third kappa shape index (κ3) is 3.35. The second kappa shape index (κ2) is 6.92. The Balaban J connectivity index is 2.03. The number of fused-ring (bicyclic) bond motifs is 1. The van der Waals surface area contributed by atoms with Crippen molar-refractivity contribution in [3.63, 3.8) is 0 Å². The molecule has 0 fully saturated rings. The van der Waals surface area contributed by atoms with Crippen LogP contribution in [0.1, 0.15) is 5.76 Å². The van der Waals surface area contributed by atoms with Crippen LogP contribution in [0.5, 0.6) is 0 Å². The average molecular weight is 343 g/mol. The Labute approximate surface area is 143 Å². The van der Waals surface area contributed by atoms with Gasteiger partial charge in [-0.3, -0.25) is 14.2 Å². The lowest BCUT2D eigenvalue weighted by Crippen LogP contribution is -2.26. The van der Waals surface area contributed by atoms with Gasteiger partial charge in [0.05, 0.1) is 29.5 Å². The van der Waals surface area contributed by atoms with Crippen LogP contribution < -0.4 is 5.56 Å². The number of hydrogen-bond acceptors (Lipinski definition) is 5. The Morgan fingerprint density at radius 1 is 1.25 bits per heavy atom. The molecule has 0 unspecified atom stereocenters. The number of furan rings is 1. The molecule has 0 spiro atoms. The van der Waals surface area contributed by atoms with Gasteiger partial charge in [-0.2, -0.15) is 0 Å². The minimum Gasteiger partial charge on any atom is -0.467 e. The van der Waals surface area contributed by atoms with Crippen molar-refractivity contribution in [2.75, 3.05) is 19.8 Å². The molecule has 0 N–H and O–H groups in total. The second-order valence-corrected chi connectivity index (χ2v) is 6.40. The summed E-state index contributed by atoms with van der Waals surface area (Å²) in [7, 11) is 3.40. The van der Waals surface area contributed by atoms with Crippen molar-refractivity contribution in [3.8, 4) is 0 Å². The van der Waals surface area contributed by atoms with Crippen molar-refractivity contribution in [2.24, 2.45) is 0 Å². The molecule has 0 aliphatic heterocycles. The molecule has 2 heterocycles. The molecule has 3 aromatic rings. The number of thioether (sulfide) groups is 1. The summed E-state index contributed by atoms with van der Waals surface area (Å²) in [5.74, 6) is 0.845. The van der Waals surface area contributed by atoms with Crippen molar-refractivity contribution in [1.29, 1.82) is 0 Å². The van der Waals surface area contributed by atoms with Gasteiger partial charge >= 0.3 is 0 Å². The maximum atomic E-state index is 12.8. The molecule has 3 rings (SSSR count). The first-order valence-electron chi connectivity index (χ1n) is 7.41. The van der Waals surface area contributed by atoms with E-state index in [2.05, 4.69) is 4.98 Å². The van der Waals surface area contributed by atoms with Gasteiger partial charge in [0, 0.05) is 14.1 Å². The van der Waals surface area contributed by atoms with Crippen molar-refractivity contribution in [1.82, 2.24) is 14.5 Å². The molecule has 0 saturated carbocycles. The fourth-order valence-corrected chi connectivity index (χ4v) is 3.19. The van der Waals surface area contributed by atoms with E-state index in [0.29, 0.717) is 21.8 Å². The minimum atomic E-state index is -0.142. The summed E-state index contributed by atoms with van der Waals surface area (Å²) >= 11 is 1.25. The van der Waals surface area contributed by atoms with Crippen LogP contribution in [0.3, 0.4) is 0 Å². The quantitative estimate of drug-likeness (QED) is 0.525. The summed E-state index contributed by atoms with van der Waals surface area (Å²) in [6.07, 6.45) is 1.57. The molecule has 1 aromatic carbocycles. The van der Waals surface area contributed by atoms with E-state index in [0.717, 1.165) is 0 Å². The largest absolute Gasteiger partial charge is 0.467 e. The maximum Gasteiger partial charge on any atom is 0.262 e. The molecular weight excluding hydrogens is 326 g/mol. The van der Waals surface area contributed by atoms with E-state index in [1.54, 1.807) is 49.2 Å². The van der Waals surface area contributed by atoms with Crippen LogP contribution in [0.4, 0.5) is 0 Å². The number of para-hydroxylation sites is 1. The third-order valence-corrected chi connectivity index (χ3v) is 4.51. The van der Waals surface area contributed by atoms with Crippen molar-refractivity contribution in [3.05, 3.63) is 58.8 Å². The van der Waals surface area contributed by atoms with Crippen molar-refractivity contribution < 1.29 is 9.21 Å². The third-order valence-electron chi connectivity index (χ3n) is 3.54. The summed E-state index contributed by atoms with van der Waals surface area (Å²) in [4.78, 5) is 30.8. The maximum absolute atomic E-state index is 12.8. The molecule has 0 bridgehead atoms. The highest BCUT2D eigenvalue weighted by molar-refractivity contribution is 7.99. The predicted molar refractivity (Wildman–Crippen MR) is 93.2 cm³/mol. The average Bonchev–Trinajstić information content (AvgIpc) is 3.08. The van der Waals surface area contributed by atoms with Crippen molar-refractivity contribution >= 4 is 28.6 Å². The molecule has 6 nitrogen and oxygen atoms in total. The Morgan fingerprint density at radius 3 is 2.75 bits per heavy atom. The normalized spacial score (nSPS) is 10.9. The molecular formula is C17H17N3O3S. The van der Waals surface area contributed by atoms with E-state index in [9.17, 15) is 9.59 Å². The van der Waals surface area contributed by atoms with Crippen LogP contribution in [0.15, 0.2) is 57.0 Å².